The van der Waals surface area contributed by atoms with Crippen molar-refractivity contribution in [1.82, 2.24) is 0 Å². The molecule has 1 N–H and O–H groups in total. The Balaban J connectivity index is 1.75. The van der Waals surface area contributed by atoms with E-state index < -0.39 is 11.9 Å². The van der Waals surface area contributed by atoms with Crippen LogP contribution in [0.3, 0.4) is 0 Å². The second-order valence-corrected chi connectivity index (χ2v) is 7.74. The first kappa shape index (κ1) is 23.2. The first-order chi connectivity index (χ1) is 15.4. The van der Waals surface area contributed by atoms with E-state index in [-0.39, 0.29) is 11.3 Å². The van der Waals surface area contributed by atoms with E-state index >= 15 is 0 Å². The first-order valence-electron chi connectivity index (χ1n) is 9.26. The quantitative estimate of drug-likeness (QED) is 0.176. The summed E-state index contributed by atoms with van der Waals surface area (Å²) in [5, 5.41) is 9.53. The van der Waals surface area contributed by atoms with Crippen LogP contribution in [-0.2, 0) is 4.79 Å². The zero-order valence-electron chi connectivity index (χ0n) is 16.8. The molecule has 6 nitrogen and oxygen atoms in total. The number of benzene rings is 3. The van der Waals surface area contributed by atoms with Crippen molar-refractivity contribution in [3.8, 4) is 11.5 Å². The number of aliphatic imine (C=N–C) groups is 1. The van der Waals surface area contributed by atoms with E-state index in [4.69, 9.17) is 26.2 Å². The van der Waals surface area contributed by atoms with E-state index in [2.05, 4.69) is 20.9 Å². The number of methoxy groups -OCH3 is 1. The molecule has 0 unspecified atom stereocenters. The minimum Gasteiger partial charge on any atom is -0.493 e. The minimum atomic E-state index is -0.998. The van der Waals surface area contributed by atoms with Crippen LogP contribution in [0.5, 0.6) is 11.5 Å². The molecule has 0 radical (unpaired) electrons. The van der Waals surface area contributed by atoms with E-state index in [0.29, 0.717) is 26.5 Å². The number of carboxylic acids is 1. The predicted molar refractivity (Wildman–Crippen MR) is 127 cm³/mol. The number of esters is 1. The number of carboxylic acid groups (broad SMARTS) is 1. The van der Waals surface area contributed by atoms with Crippen molar-refractivity contribution in [3.63, 3.8) is 0 Å². The number of rotatable bonds is 7. The third kappa shape index (κ3) is 6.29. The van der Waals surface area contributed by atoms with Crippen LogP contribution in [0.2, 0.25) is 5.02 Å². The van der Waals surface area contributed by atoms with Crippen LogP contribution in [0.25, 0.3) is 6.08 Å². The molecule has 0 saturated heterocycles. The summed E-state index contributed by atoms with van der Waals surface area (Å²) in [4.78, 5) is 27.5. The predicted octanol–water partition coefficient (Wildman–Crippen LogP) is 6.18. The zero-order valence-corrected chi connectivity index (χ0v) is 19.1. The van der Waals surface area contributed by atoms with E-state index in [1.54, 1.807) is 54.8 Å². The van der Waals surface area contributed by atoms with Crippen LogP contribution in [0.15, 0.2) is 76.2 Å². The summed E-state index contributed by atoms with van der Waals surface area (Å²) >= 11 is 9.34. The van der Waals surface area contributed by atoms with Gasteiger partial charge in [-0.3, -0.25) is 4.99 Å². The maximum absolute atomic E-state index is 12.3. The van der Waals surface area contributed by atoms with Crippen molar-refractivity contribution in [2.24, 2.45) is 4.99 Å². The Labute approximate surface area is 197 Å². The number of carbonyl (C=O) groups excluding carboxylic acids is 1. The fourth-order valence-electron chi connectivity index (χ4n) is 2.66. The standard InChI is InChI=1S/C24H17BrClNO5/c1-31-21-13-16(14-27-19-8-6-17(7-9-19)24(29)30)12-20(25)23(21)32-22(28)10-5-15-3-2-4-18(26)11-15/h2-14H,1H3,(H,29,30)/b10-5+,27-14+. The van der Waals surface area contributed by atoms with Gasteiger partial charge in [0.25, 0.3) is 0 Å². The minimum absolute atomic E-state index is 0.184. The largest absolute Gasteiger partial charge is 0.493 e. The van der Waals surface area contributed by atoms with Gasteiger partial charge in [-0.2, -0.15) is 0 Å². The molecule has 0 heterocycles. The highest BCUT2D eigenvalue weighted by molar-refractivity contribution is 9.10. The molecule has 0 bridgehead atoms. The van der Waals surface area contributed by atoms with E-state index in [9.17, 15) is 9.59 Å². The molecule has 0 aliphatic rings. The van der Waals surface area contributed by atoms with Crippen molar-refractivity contribution in [2.75, 3.05) is 7.11 Å². The van der Waals surface area contributed by atoms with Gasteiger partial charge < -0.3 is 14.6 Å². The van der Waals surface area contributed by atoms with Gasteiger partial charge in [0.2, 0.25) is 0 Å². The average Bonchev–Trinajstić information content (AvgIpc) is 2.78. The lowest BCUT2D eigenvalue weighted by Crippen LogP contribution is -2.06. The van der Waals surface area contributed by atoms with E-state index in [1.807, 2.05) is 6.07 Å². The van der Waals surface area contributed by atoms with Crippen molar-refractivity contribution < 1.29 is 24.2 Å². The van der Waals surface area contributed by atoms with Crippen LogP contribution in [0.1, 0.15) is 21.5 Å². The molecule has 0 saturated carbocycles. The van der Waals surface area contributed by atoms with Crippen molar-refractivity contribution >= 4 is 57.4 Å². The van der Waals surface area contributed by atoms with Crippen molar-refractivity contribution in [1.29, 1.82) is 0 Å². The van der Waals surface area contributed by atoms with Gasteiger partial charge in [0.05, 0.1) is 22.8 Å². The van der Waals surface area contributed by atoms with Gasteiger partial charge in [-0.05, 0) is 81.7 Å². The molecule has 0 aromatic heterocycles. The number of carbonyl (C=O) groups is 2. The highest BCUT2D eigenvalue weighted by Crippen LogP contribution is 2.36. The number of halogens is 2. The van der Waals surface area contributed by atoms with Crippen molar-refractivity contribution in [3.05, 3.63) is 92.9 Å². The van der Waals surface area contributed by atoms with Crippen LogP contribution < -0.4 is 9.47 Å². The number of hydrogen-bond donors (Lipinski definition) is 1. The maximum Gasteiger partial charge on any atom is 0.336 e. The number of nitrogens with zero attached hydrogens (tertiary/aromatic N) is 1. The fourth-order valence-corrected chi connectivity index (χ4v) is 3.40. The number of ether oxygens (including phenoxy) is 2. The Bertz CT molecular complexity index is 1210. The second kappa shape index (κ2) is 10.7. The van der Waals surface area contributed by atoms with Gasteiger partial charge >= 0.3 is 11.9 Å². The summed E-state index contributed by atoms with van der Waals surface area (Å²) in [6, 6.07) is 16.6. The van der Waals surface area contributed by atoms with Crippen LogP contribution in [-0.4, -0.2) is 30.4 Å². The summed E-state index contributed by atoms with van der Waals surface area (Å²) in [5.74, 6) is -1.01. The highest BCUT2D eigenvalue weighted by Gasteiger charge is 2.14. The average molecular weight is 515 g/mol. The normalized spacial score (nSPS) is 11.1. The summed E-state index contributed by atoms with van der Waals surface area (Å²) in [7, 11) is 1.46. The monoisotopic (exact) mass is 513 g/mol. The molecule has 162 valence electrons. The molecule has 0 fully saturated rings. The fraction of sp³-hybridized carbons (Fsp3) is 0.0417. The first-order valence-corrected chi connectivity index (χ1v) is 10.4. The van der Waals surface area contributed by atoms with Gasteiger partial charge in [0, 0.05) is 17.3 Å². The lowest BCUT2D eigenvalue weighted by Gasteiger charge is -2.11. The molecular formula is C24H17BrClNO5. The molecule has 3 rings (SSSR count). The topological polar surface area (TPSA) is 85.2 Å². The smallest absolute Gasteiger partial charge is 0.336 e. The molecule has 0 atom stereocenters. The molecule has 3 aromatic carbocycles. The number of aromatic carboxylic acids is 1. The Morgan fingerprint density at radius 2 is 1.81 bits per heavy atom. The SMILES string of the molecule is COc1cc(/C=N/c2ccc(C(=O)O)cc2)cc(Br)c1OC(=O)/C=C/c1cccc(Cl)c1. The molecule has 8 heteroatoms. The molecule has 0 aliphatic carbocycles. The maximum atomic E-state index is 12.3. The van der Waals surface area contributed by atoms with E-state index in [0.717, 1.165) is 5.56 Å². The summed E-state index contributed by atoms with van der Waals surface area (Å²) in [6.07, 6.45) is 4.49. The van der Waals surface area contributed by atoms with Gasteiger partial charge in [0.15, 0.2) is 11.5 Å². The molecule has 0 aliphatic heterocycles. The van der Waals surface area contributed by atoms with Crippen LogP contribution in [0, 0.1) is 0 Å². The Hall–Kier alpha value is -3.42. The van der Waals surface area contributed by atoms with E-state index in [1.165, 1.54) is 25.3 Å². The third-order valence-corrected chi connectivity index (χ3v) is 5.02. The summed E-state index contributed by atoms with van der Waals surface area (Å²) in [6.45, 7) is 0. The van der Waals surface area contributed by atoms with Crippen LogP contribution >= 0.6 is 27.5 Å². The number of hydrogen-bond acceptors (Lipinski definition) is 5. The molecular weight excluding hydrogens is 498 g/mol. The Morgan fingerprint density at radius 1 is 1.06 bits per heavy atom. The van der Waals surface area contributed by atoms with Gasteiger partial charge in [0.1, 0.15) is 0 Å². The zero-order chi connectivity index (χ0) is 23.1. The third-order valence-electron chi connectivity index (χ3n) is 4.19. The lowest BCUT2D eigenvalue weighted by atomic mass is 10.2. The summed E-state index contributed by atoms with van der Waals surface area (Å²) in [5.41, 5.74) is 2.23. The van der Waals surface area contributed by atoms with Crippen LogP contribution in [0.4, 0.5) is 5.69 Å². The van der Waals surface area contributed by atoms with Gasteiger partial charge in [-0.15, -0.1) is 0 Å². The molecule has 0 amide bonds. The van der Waals surface area contributed by atoms with Gasteiger partial charge in [-0.1, -0.05) is 23.7 Å². The summed E-state index contributed by atoms with van der Waals surface area (Å²) < 4.78 is 11.3. The van der Waals surface area contributed by atoms with Gasteiger partial charge in [-0.25, -0.2) is 9.59 Å². The molecule has 32 heavy (non-hydrogen) atoms. The molecule has 0 spiro atoms. The Morgan fingerprint density at radius 3 is 2.47 bits per heavy atom. The van der Waals surface area contributed by atoms with Crippen molar-refractivity contribution in [2.45, 2.75) is 0 Å². The lowest BCUT2D eigenvalue weighted by molar-refractivity contribution is -0.129. The molecule has 3 aromatic rings. The second-order valence-electron chi connectivity index (χ2n) is 6.45. The Kier molecular flexibility index (Phi) is 7.81. The highest BCUT2D eigenvalue weighted by atomic mass is 79.9.